The predicted molar refractivity (Wildman–Crippen MR) is 220 cm³/mol. The van der Waals surface area contributed by atoms with Gasteiger partial charge in [-0.3, -0.25) is 0 Å². The Labute approximate surface area is 291 Å². The third kappa shape index (κ3) is 17.9. The summed E-state index contributed by atoms with van der Waals surface area (Å²) in [6, 6.07) is 22.9. The summed E-state index contributed by atoms with van der Waals surface area (Å²) < 4.78 is 0. The average molecular weight is 651 g/mol. The van der Waals surface area contributed by atoms with E-state index in [-0.39, 0.29) is 0 Å². The van der Waals surface area contributed by atoms with Crippen LogP contribution in [0.5, 0.6) is 0 Å². The molecule has 0 aliphatic carbocycles. The number of benzene rings is 2. The molecule has 0 saturated heterocycles. The van der Waals surface area contributed by atoms with E-state index in [1.54, 1.807) is 35.6 Å². The van der Waals surface area contributed by atoms with E-state index in [9.17, 15) is 0 Å². The van der Waals surface area contributed by atoms with Crippen LogP contribution in [0.1, 0.15) is 170 Å². The molecule has 0 aliphatic rings. The van der Waals surface area contributed by atoms with E-state index in [1.807, 2.05) is 0 Å². The van der Waals surface area contributed by atoms with E-state index in [2.05, 4.69) is 102 Å². The molecule has 0 nitrogen and oxygen atoms in total. The highest BCUT2D eigenvalue weighted by molar-refractivity contribution is 7.75. The molecule has 2 aromatic rings. The quantitative estimate of drug-likeness (QED) is 0.0488. The van der Waals surface area contributed by atoms with Gasteiger partial charge in [0.15, 0.2) is 0 Å². The molecule has 2 aromatic carbocycles. The lowest BCUT2D eigenvalue weighted by Gasteiger charge is -2.42. The van der Waals surface area contributed by atoms with Crippen LogP contribution in [0.3, 0.4) is 0 Å². The molecule has 2 heteroatoms. The molecule has 46 heavy (non-hydrogen) atoms. The molecular formula is C44H80BP. The van der Waals surface area contributed by atoms with Gasteiger partial charge in [0, 0.05) is 7.26 Å². The fraction of sp³-hybridized carbons (Fsp3) is 0.727. The number of rotatable bonds is 28. The van der Waals surface area contributed by atoms with Crippen LogP contribution in [0, 0.1) is 0 Å². The van der Waals surface area contributed by atoms with Crippen LogP contribution in [0.15, 0.2) is 60.7 Å². The van der Waals surface area contributed by atoms with E-state index < -0.39 is 13.4 Å². The highest BCUT2D eigenvalue weighted by atomic mass is 31.2. The number of unbranched alkanes of at least 4 members (excludes halogenated alkanes) is 14. The van der Waals surface area contributed by atoms with Crippen molar-refractivity contribution in [3.05, 3.63) is 60.7 Å². The van der Waals surface area contributed by atoms with Crippen molar-refractivity contribution in [3.8, 4) is 0 Å². The standard InChI is InChI=1S/C28H44B.C16H36P/c1-3-5-7-9-11-19-25-29(27-21-15-13-16-22-27,28-23-17-14-18-24-28)26-20-12-10-8-6-4-2;1-5-9-13-17(14-10-6-2,15-11-7-3)16-12-8-4/h13-18,21-24H,3-12,19-20,25-26H2,1-2H3;5-16H2,1-4H3/q-1;+1. The van der Waals surface area contributed by atoms with E-state index in [4.69, 9.17) is 0 Å². The largest absolute Gasteiger partial charge is 0.205 e. The Bertz CT molecular complexity index is 800. The Balaban J connectivity index is 0.000000533. The lowest BCUT2D eigenvalue weighted by molar-refractivity contribution is 0.616. The zero-order valence-electron chi connectivity index (χ0n) is 32.2. The van der Waals surface area contributed by atoms with E-state index in [1.165, 1.54) is 141 Å². The Morgan fingerprint density at radius 1 is 0.348 bits per heavy atom. The second kappa shape index (κ2) is 28.9. The highest BCUT2D eigenvalue weighted by Crippen LogP contribution is 2.61. The molecular weight excluding hydrogens is 570 g/mol. The van der Waals surface area contributed by atoms with Crippen LogP contribution >= 0.6 is 7.26 Å². The summed E-state index contributed by atoms with van der Waals surface area (Å²) in [6.07, 6.45) is 36.6. The van der Waals surface area contributed by atoms with Gasteiger partial charge >= 0.3 is 0 Å². The summed E-state index contributed by atoms with van der Waals surface area (Å²) >= 11 is 0. The smallest absolute Gasteiger partial charge is 0.0594 e. The van der Waals surface area contributed by atoms with Gasteiger partial charge in [0.05, 0.1) is 30.8 Å². The highest BCUT2D eigenvalue weighted by Gasteiger charge is 2.34. The monoisotopic (exact) mass is 651 g/mol. The fourth-order valence-electron chi connectivity index (χ4n) is 7.84. The molecule has 0 aliphatic heterocycles. The van der Waals surface area contributed by atoms with Gasteiger partial charge in [-0.1, -0.05) is 205 Å². The summed E-state index contributed by atoms with van der Waals surface area (Å²) in [5, 5.41) is 0. The van der Waals surface area contributed by atoms with Crippen molar-refractivity contribution in [2.75, 3.05) is 24.6 Å². The summed E-state index contributed by atoms with van der Waals surface area (Å²) in [7, 11) is -0.562. The van der Waals surface area contributed by atoms with Crippen molar-refractivity contribution in [3.63, 3.8) is 0 Å². The van der Waals surface area contributed by atoms with Crippen molar-refractivity contribution in [1.82, 2.24) is 0 Å². The first-order chi connectivity index (χ1) is 22.6. The second-order valence-corrected chi connectivity index (χ2v) is 19.3. The van der Waals surface area contributed by atoms with Crippen molar-refractivity contribution in [1.29, 1.82) is 0 Å². The van der Waals surface area contributed by atoms with Gasteiger partial charge in [-0.15, -0.1) is 0 Å². The second-order valence-electron chi connectivity index (χ2n) is 14.8. The minimum Gasteiger partial charge on any atom is -0.205 e. The lowest BCUT2D eigenvalue weighted by atomic mass is 9.15. The number of hydrogen-bond donors (Lipinski definition) is 0. The molecule has 264 valence electrons. The van der Waals surface area contributed by atoms with E-state index >= 15 is 0 Å². The van der Waals surface area contributed by atoms with Gasteiger partial charge in [-0.2, -0.15) is 12.6 Å². The van der Waals surface area contributed by atoms with Crippen LogP contribution in [-0.4, -0.2) is 30.8 Å². The molecule has 0 radical (unpaired) electrons. The van der Waals surface area contributed by atoms with Crippen LogP contribution < -0.4 is 10.9 Å². The lowest BCUT2D eigenvalue weighted by Crippen LogP contribution is -2.58. The molecule has 0 fully saturated rings. The Morgan fingerprint density at radius 2 is 0.630 bits per heavy atom. The molecule has 0 N–H and O–H groups in total. The van der Waals surface area contributed by atoms with Crippen molar-refractivity contribution in [2.24, 2.45) is 0 Å². The van der Waals surface area contributed by atoms with Crippen LogP contribution in [0.2, 0.25) is 12.6 Å². The van der Waals surface area contributed by atoms with Crippen LogP contribution in [0.25, 0.3) is 0 Å². The van der Waals surface area contributed by atoms with Gasteiger partial charge in [0.1, 0.15) is 0 Å². The summed E-state index contributed by atoms with van der Waals surface area (Å²) in [6.45, 7) is 14.0. The Kier molecular flexibility index (Phi) is 27.0. The maximum Gasteiger partial charge on any atom is 0.0594 e. The van der Waals surface area contributed by atoms with Crippen LogP contribution in [0.4, 0.5) is 0 Å². The van der Waals surface area contributed by atoms with Gasteiger partial charge in [-0.25, -0.2) is 10.9 Å². The molecule has 0 aromatic heterocycles. The Morgan fingerprint density at radius 3 is 0.935 bits per heavy atom. The minimum absolute atomic E-state index is 0.562. The average Bonchev–Trinajstić information content (AvgIpc) is 3.11. The third-order valence-corrected chi connectivity index (χ3v) is 16.0. The first-order valence-corrected chi connectivity index (χ1v) is 23.3. The van der Waals surface area contributed by atoms with Gasteiger partial charge in [-0.05, 0) is 25.7 Å². The van der Waals surface area contributed by atoms with Gasteiger partial charge < -0.3 is 0 Å². The zero-order valence-corrected chi connectivity index (χ0v) is 33.1. The molecule has 0 spiro atoms. The third-order valence-electron chi connectivity index (χ3n) is 10.9. The molecule has 2 rings (SSSR count). The summed E-state index contributed by atoms with van der Waals surface area (Å²) in [5.41, 5.74) is 3.17. The molecule has 0 amide bonds. The molecule has 0 atom stereocenters. The van der Waals surface area contributed by atoms with Gasteiger partial charge in [0.2, 0.25) is 0 Å². The van der Waals surface area contributed by atoms with Crippen molar-refractivity contribution >= 4 is 24.3 Å². The van der Waals surface area contributed by atoms with E-state index in [0.717, 1.165) is 0 Å². The SMILES string of the molecule is CCCCCCCC[B-](CCCCCCCC)(c1ccccc1)c1ccccc1.CCCC[P+](CCCC)(CCCC)CCCC. The molecule has 0 bridgehead atoms. The van der Waals surface area contributed by atoms with Crippen molar-refractivity contribution < 1.29 is 0 Å². The first-order valence-electron chi connectivity index (χ1n) is 20.7. The van der Waals surface area contributed by atoms with Gasteiger partial charge in [0.25, 0.3) is 0 Å². The number of hydrogen-bond acceptors (Lipinski definition) is 0. The van der Waals surface area contributed by atoms with Crippen LogP contribution in [-0.2, 0) is 0 Å². The first kappa shape index (κ1) is 43.0. The maximum atomic E-state index is 2.40. The topological polar surface area (TPSA) is 0 Å². The summed E-state index contributed by atoms with van der Waals surface area (Å²) in [4.78, 5) is 0. The molecule has 0 heterocycles. The predicted octanol–water partition coefficient (Wildman–Crippen LogP) is 14.2. The zero-order chi connectivity index (χ0) is 33.6. The van der Waals surface area contributed by atoms with Crippen molar-refractivity contribution in [2.45, 2.75) is 183 Å². The fourth-order valence-corrected chi connectivity index (χ4v) is 13.1. The summed E-state index contributed by atoms with van der Waals surface area (Å²) in [5.74, 6) is 0. The molecule has 0 unspecified atom stereocenters. The molecule has 0 saturated carbocycles. The maximum absolute atomic E-state index is 2.40. The normalized spacial score (nSPS) is 11.8. The Hall–Kier alpha value is -1.07. The minimum atomic E-state index is -0.660. The van der Waals surface area contributed by atoms with E-state index in [0.29, 0.717) is 0 Å².